The first-order valence-electron chi connectivity index (χ1n) is 7.25. The summed E-state index contributed by atoms with van der Waals surface area (Å²) in [5, 5.41) is 6.35. The molecule has 1 amide bonds. The molecule has 2 heterocycles. The summed E-state index contributed by atoms with van der Waals surface area (Å²) in [4.78, 5) is 32.3. The Bertz CT molecular complexity index is 1050. The fourth-order valence-corrected chi connectivity index (χ4v) is 2.24. The molecule has 132 valence electrons. The molecule has 0 bridgehead atoms. The SMILES string of the molecule is C=C(F)c1ccc(C(=O)OC)c(NC(=O)c2cc(N)n3ncnc3n2)c1. The third-order valence-corrected chi connectivity index (χ3v) is 3.50. The van der Waals surface area contributed by atoms with Crippen molar-refractivity contribution >= 4 is 35.0 Å². The smallest absolute Gasteiger partial charge is 0.339 e. The van der Waals surface area contributed by atoms with Crippen LogP contribution in [0.2, 0.25) is 0 Å². The summed E-state index contributed by atoms with van der Waals surface area (Å²) in [5.41, 5.74) is 5.94. The summed E-state index contributed by atoms with van der Waals surface area (Å²) in [6, 6.07) is 5.24. The third kappa shape index (κ3) is 3.07. The largest absolute Gasteiger partial charge is 0.465 e. The number of halogens is 1. The van der Waals surface area contributed by atoms with E-state index in [9.17, 15) is 14.0 Å². The topological polar surface area (TPSA) is 124 Å². The number of anilines is 2. The van der Waals surface area contributed by atoms with Crippen LogP contribution >= 0.6 is 0 Å². The molecular formula is C16H13FN6O3. The number of nitrogens with zero attached hydrogens (tertiary/aromatic N) is 4. The fourth-order valence-electron chi connectivity index (χ4n) is 2.24. The lowest BCUT2D eigenvalue weighted by molar-refractivity contribution is 0.0602. The highest BCUT2D eigenvalue weighted by Crippen LogP contribution is 2.24. The van der Waals surface area contributed by atoms with Crippen molar-refractivity contribution in [3.63, 3.8) is 0 Å². The number of ether oxygens (including phenoxy) is 1. The van der Waals surface area contributed by atoms with E-state index in [0.29, 0.717) is 0 Å². The van der Waals surface area contributed by atoms with Gasteiger partial charge in [0.15, 0.2) is 0 Å². The normalized spacial score (nSPS) is 10.5. The molecule has 0 aliphatic heterocycles. The molecule has 0 spiro atoms. The van der Waals surface area contributed by atoms with E-state index in [0.717, 1.165) is 0 Å². The van der Waals surface area contributed by atoms with E-state index in [1.54, 1.807) is 0 Å². The molecule has 0 fully saturated rings. The summed E-state index contributed by atoms with van der Waals surface area (Å²) in [7, 11) is 1.19. The molecule has 0 aliphatic carbocycles. The van der Waals surface area contributed by atoms with Gasteiger partial charge in [0.1, 0.15) is 23.7 Å². The molecule has 3 aromatic rings. The second-order valence-corrected chi connectivity index (χ2v) is 5.15. The first-order valence-corrected chi connectivity index (χ1v) is 7.25. The van der Waals surface area contributed by atoms with Gasteiger partial charge in [-0.2, -0.15) is 14.6 Å². The Kier molecular flexibility index (Phi) is 4.31. The Balaban J connectivity index is 2.00. The van der Waals surface area contributed by atoms with E-state index in [2.05, 4.69) is 31.7 Å². The van der Waals surface area contributed by atoms with Crippen LogP contribution in [-0.4, -0.2) is 38.6 Å². The lowest BCUT2D eigenvalue weighted by Gasteiger charge is -2.11. The van der Waals surface area contributed by atoms with Crippen molar-refractivity contribution in [2.24, 2.45) is 0 Å². The molecule has 10 heteroatoms. The molecule has 0 atom stereocenters. The van der Waals surface area contributed by atoms with E-state index in [1.165, 1.54) is 42.2 Å². The van der Waals surface area contributed by atoms with E-state index in [-0.39, 0.29) is 34.1 Å². The molecule has 26 heavy (non-hydrogen) atoms. The number of aromatic nitrogens is 4. The number of rotatable bonds is 4. The number of fused-ring (bicyclic) bond motifs is 1. The maximum absolute atomic E-state index is 13.4. The van der Waals surface area contributed by atoms with E-state index < -0.39 is 17.7 Å². The summed E-state index contributed by atoms with van der Waals surface area (Å²) in [6.07, 6.45) is 1.24. The van der Waals surface area contributed by atoms with Gasteiger partial charge in [0, 0.05) is 11.6 Å². The number of carbonyl (C=O) groups is 2. The van der Waals surface area contributed by atoms with E-state index in [1.807, 2.05) is 0 Å². The number of hydrogen-bond acceptors (Lipinski definition) is 7. The number of amides is 1. The summed E-state index contributed by atoms with van der Waals surface area (Å²) >= 11 is 0. The monoisotopic (exact) mass is 356 g/mol. The molecule has 0 saturated carbocycles. The molecule has 0 saturated heterocycles. The van der Waals surface area contributed by atoms with Crippen molar-refractivity contribution in [1.29, 1.82) is 0 Å². The number of esters is 1. The van der Waals surface area contributed by atoms with Crippen LogP contribution in [0.5, 0.6) is 0 Å². The van der Waals surface area contributed by atoms with E-state index >= 15 is 0 Å². The van der Waals surface area contributed by atoms with Crippen LogP contribution in [-0.2, 0) is 4.74 Å². The van der Waals surface area contributed by atoms with Gasteiger partial charge < -0.3 is 15.8 Å². The van der Waals surface area contributed by atoms with Gasteiger partial charge >= 0.3 is 5.97 Å². The zero-order valence-electron chi connectivity index (χ0n) is 13.6. The maximum Gasteiger partial charge on any atom is 0.339 e. The minimum absolute atomic E-state index is 0.0415. The zero-order chi connectivity index (χ0) is 18.8. The summed E-state index contributed by atoms with van der Waals surface area (Å²) in [5.74, 6) is -1.80. The van der Waals surface area contributed by atoms with Gasteiger partial charge in [-0.1, -0.05) is 12.6 Å². The van der Waals surface area contributed by atoms with Crippen LogP contribution in [0.3, 0.4) is 0 Å². The van der Waals surface area contributed by atoms with Crippen molar-refractivity contribution in [2.45, 2.75) is 0 Å². The minimum Gasteiger partial charge on any atom is -0.465 e. The van der Waals surface area contributed by atoms with Gasteiger partial charge in [0.25, 0.3) is 11.7 Å². The van der Waals surface area contributed by atoms with Crippen molar-refractivity contribution in [2.75, 3.05) is 18.2 Å². The average Bonchev–Trinajstić information content (AvgIpc) is 3.10. The van der Waals surface area contributed by atoms with E-state index in [4.69, 9.17) is 5.73 Å². The Labute approximate surface area is 146 Å². The number of hydrogen-bond donors (Lipinski definition) is 2. The fraction of sp³-hybridized carbons (Fsp3) is 0.0625. The second kappa shape index (κ2) is 6.59. The highest BCUT2D eigenvalue weighted by molar-refractivity contribution is 6.07. The van der Waals surface area contributed by atoms with Crippen molar-refractivity contribution in [1.82, 2.24) is 19.6 Å². The van der Waals surface area contributed by atoms with Gasteiger partial charge in [-0.3, -0.25) is 4.79 Å². The van der Waals surface area contributed by atoms with Crippen molar-refractivity contribution in [3.05, 3.63) is 54.0 Å². The predicted molar refractivity (Wildman–Crippen MR) is 91.1 cm³/mol. The second-order valence-electron chi connectivity index (χ2n) is 5.15. The maximum atomic E-state index is 13.4. The number of methoxy groups -OCH3 is 1. The van der Waals surface area contributed by atoms with Crippen LogP contribution in [0.1, 0.15) is 26.4 Å². The third-order valence-electron chi connectivity index (χ3n) is 3.50. The number of nitrogens with one attached hydrogen (secondary N) is 1. The van der Waals surface area contributed by atoms with Gasteiger partial charge in [0.05, 0.1) is 18.4 Å². The lowest BCUT2D eigenvalue weighted by Crippen LogP contribution is -2.18. The number of nitrogens with two attached hydrogens (primary N) is 1. The number of nitrogen functional groups attached to an aromatic ring is 1. The molecule has 0 aliphatic rings. The quantitative estimate of drug-likeness (QED) is 0.681. The number of benzene rings is 1. The van der Waals surface area contributed by atoms with Crippen molar-refractivity contribution < 1.29 is 18.7 Å². The highest BCUT2D eigenvalue weighted by Gasteiger charge is 2.18. The molecule has 3 N–H and O–H groups in total. The minimum atomic E-state index is -0.718. The van der Waals surface area contributed by atoms with Crippen LogP contribution in [0, 0.1) is 0 Å². The molecule has 2 aromatic heterocycles. The number of carbonyl (C=O) groups excluding carboxylic acids is 2. The van der Waals surface area contributed by atoms with Crippen molar-refractivity contribution in [3.8, 4) is 0 Å². The first-order chi connectivity index (χ1) is 12.4. The van der Waals surface area contributed by atoms with Crippen LogP contribution in [0.4, 0.5) is 15.9 Å². The predicted octanol–water partition coefficient (Wildman–Crippen LogP) is 1.69. The van der Waals surface area contributed by atoms with Gasteiger partial charge in [-0.15, -0.1) is 0 Å². The molecular weight excluding hydrogens is 343 g/mol. The van der Waals surface area contributed by atoms with Crippen LogP contribution < -0.4 is 11.1 Å². The molecule has 9 nitrogen and oxygen atoms in total. The summed E-state index contributed by atoms with van der Waals surface area (Å²) < 4.78 is 19.3. The van der Waals surface area contributed by atoms with Gasteiger partial charge in [0.2, 0.25) is 0 Å². The lowest BCUT2D eigenvalue weighted by atomic mass is 10.1. The molecule has 3 rings (SSSR count). The average molecular weight is 356 g/mol. The molecule has 0 unspecified atom stereocenters. The first kappa shape index (κ1) is 17.0. The zero-order valence-corrected chi connectivity index (χ0v) is 13.6. The Morgan fingerprint density at radius 1 is 1.35 bits per heavy atom. The van der Waals surface area contributed by atoms with Crippen LogP contribution in [0.15, 0.2) is 37.2 Å². The van der Waals surface area contributed by atoms with Gasteiger partial charge in [-0.25, -0.2) is 14.2 Å². The standard InChI is InChI=1S/C16H13FN6O3/c1-8(17)9-3-4-10(15(25)26-2)11(5-9)21-14(24)12-6-13(18)23-16(22-12)19-7-20-23/h3-7H,1,18H2,2H3,(H,21,24). The highest BCUT2D eigenvalue weighted by atomic mass is 19.1. The molecule has 1 aromatic carbocycles. The summed E-state index contributed by atoms with van der Waals surface area (Å²) in [6.45, 7) is 3.20. The Morgan fingerprint density at radius 3 is 2.81 bits per heavy atom. The Hall–Kier alpha value is -3.82. The molecule has 0 radical (unpaired) electrons. The Morgan fingerprint density at radius 2 is 2.12 bits per heavy atom. The van der Waals surface area contributed by atoms with Gasteiger partial charge in [-0.05, 0) is 12.1 Å². The van der Waals surface area contributed by atoms with Crippen LogP contribution in [0.25, 0.3) is 11.6 Å².